The lowest BCUT2D eigenvalue weighted by Crippen LogP contribution is -2.50. The van der Waals surface area contributed by atoms with Crippen molar-refractivity contribution < 1.29 is 22.5 Å². The van der Waals surface area contributed by atoms with E-state index in [9.17, 15) is 18.0 Å². The number of carbonyl (C=O) groups is 2. The van der Waals surface area contributed by atoms with E-state index in [0.29, 0.717) is 61.9 Å². The number of fused-ring (bicyclic) bond motifs is 1. The molecule has 0 saturated carbocycles. The van der Waals surface area contributed by atoms with Gasteiger partial charge in [0.2, 0.25) is 11.8 Å². The maximum Gasteiger partial charge on any atom is 0.285 e. The van der Waals surface area contributed by atoms with Crippen molar-refractivity contribution in [3.8, 4) is 0 Å². The molecule has 0 spiro atoms. The molecular formula is C22H25N5O5S. The Morgan fingerprint density at radius 3 is 2.61 bits per heavy atom. The normalized spacial score (nSPS) is 22.2. The molecule has 2 amide bonds. The van der Waals surface area contributed by atoms with E-state index >= 15 is 0 Å². The lowest BCUT2D eigenvalue weighted by atomic mass is 9.95. The summed E-state index contributed by atoms with van der Waals surface area (Å²) >= 11 is 0. The van der Waals surface area contributed by atoms with Gasteiger partial charge in [0, 0.05) is 37.2 Å². The summed E-state index contributed by atoms with van der Waals surface area (Å²) in [6.07, 6.45) is 2.54. The molecule has 2 saturated heterocycles. The Labute approximate surface area is 191 Å². The first-order chi connectivity index (χ1) is 15.8. The molecule has 0 radical (unpaired) electrons. The molecule has 33 heavy (non-hydrogen) atoms. The van der Waals surface area contributed by atoms with Gasteiger partial charge in [-0.15, -0.1) is 4.40 Å². The smallest absolute Gasteiger partial charge is 0.285 e. The zero-order valence-electron chi connectivity index (χ0n) is 18.2. The van der Waals surface area contributed by atoms with Crippen molar-refractivity contribution in [2.45, 2.75) is 43.5 Å². The van der Waals surface area contributed by atoms with Crippen molar-refractivity contribution in [1.29, 1.82) is 0 Å². The molecule has 5 rings (SSSR count). The van der Waals surface area contributed by atoms with E-state index in [1.54, 1.807) is 42.2 Å². The van der Waals surface area contributed by atoms with Crippen LogP contribution in [-0.4, -0.2) is 66.7 Å². The number of aromatic nitrogens is 1. The number of sulfonamides is 1. The Kier molecular flexibility index (Phi) is 5.43. The number of benzene rings is 1. The number of anilines is 1. The predicted octanol–water partition coefficient (Wildman–Crippen LogP) is 1.77. The number of hydrogen-bond donors (Lipinski definition) is 1. The molecule has 10 nitrogen and oxygen atoms in total. The maximum atomic E-state index is 13.4. The Morgan fingerprint density at radius 1 is 1.12 bits per heavy atom. The van der Waals surface area contributed by atoms with Gasteiger partial charge >= 0.3 is 0 Å². The Morgan fingerprint density at radius 2 is 1.88 bits per heavy atom. The molecule has 0 aliphatic carbocycles. The lowest BCUT2D eigenvalue weighted by Gasteiger charge is -2.35. The van der Waals surface area contributed by atoms with Gasteiger partial charge in [-0.1, -0.05) is 17.3 Å². The minimum Gasteiger partial charge on any atom is -0.360 e. The highest BCUT2D eigenvalue weighted by molar-refractivity contribution is 7.90. The summed E-state index contributed by atoms with van der Waals surface area (Å²) in [5, 5.41) is 6.55. The largest absolute Gasteiger partial charge is 0.360 e. The van der Waals surface area contributed by atoms with Gasteiger partial charge in [-0.2, -0.15) is 8.42 Å². The van der Waals surface area contributed by atoms with Crippen LogP contribution in [0.2, 0.25) is 0 Å². The van der Waals surface area contributed by atoms with Gasteiger partial charge in [-0.25, -0.2) is 0 Å². The first-order valence-corrected chi connectivity index (χ1v) is 12.5. The molecule has 3 aliphatic heterocycles. The number of carbonyl (C=O) groups excluding carboxylic acids is 2. The number of nitrogens with zero attached hydrogens (tertiary/aromatic N) is 4. The molecule has 2 aromatic rings. The summed E-state index contributed by atoms with van der Waals surface area (Å²) < 4.78 is 33.9. The quantitative estimate of drug-likeness (QED) is 0.723. The number of aryl methyl sites for hydroxylation is 1. The fourth-order valence-electron chi connectivity index (χ4n) is 4.80. The number of likely N-dealkylation sites (tertiary alicyclic amines) is 2. The van der Waals surface area contributed by atoms with Gasteiger partial charge in [-0.3, -0.25) is 9.59 Å². The van der Waals surface area contributed by atoms with Crippen LogP contribution >= 0.6 is 0 Å². The first-order valence-electron chi connectivity index (χ1n) is 11.1. The van der Waals surface area contributed by atoms with Crippen LogP contribution in [0.1, 0.15) is 37.0 Å². The summed E-state index contributed by atoms with van der Waals surface area (Å²) in [6.45, 7) is 3.28. The van der Waals surface area contributed by atoms with Gasteiger partial charge < -0.3 is 19.6 Å². The van der Waals surface area contributed by atoms with Crippen LogP contribution in [0.3, 0.4) is 0 Å². The highest BCUT2D eigenvalue weighted by Crippen LogP contribution is 2.32. The second kappa shape index (κ2) is 8.29. The van der Waals surface area contributed by atoms with Crippen molar-refractivity contribution in [2.24, 2.45) is 10.3 Å². The average Bonchev–Trinajstić information content (AvgIpc) is 3.51. The van der Waals surface area contributed by atoms with Crippen LogP contribution in [0.4, 0.5) is 5.82 Å². The van der Waals surface area contributed by atoms with Gasteiger partial charge in [0.15, 0.2) is 11.7 Å². The van der Waals surface area contributed by atoms with Crippen LogP contribution in [-0.2, 0) is 19.6 Å². The van der Waals surface area contributed by atoms with Crippen LogP contribution in [0, 0.1) is 12.8 Å². The third kappa shape index (κ3) is 4.01. The van der Waals surface area contributed by atoms with Crippen LogP contribution < -0.4 is 5.32 Å². The van der Waals surface area contributed by atoms with Crippen LogP contribution in [0.15, 0.2) is 44.1 Å². The third-order valence-corrected chi connectivity index (χ3v) is 7.80. The molecule has 174 valence electrons. The number of amidine groups is 1. The molecule has 1 N–H and O–H groups in total. The minimum absolute atomic E-state index is 0.0389. The summed E-state index contributed by atoms with van der Waals surface area (Å²) in [5.41, 5.74) is 0.552. The topological polar surface area (TPSA) is 125 Å². The lowest BCUT2D eigenvalue weighted by molar-refractivity contribution is -0.137. The second-order valence-corrected chi connectivity index (χ2v) is 10.2. The zero-order chi connectivity index (χ0) is 23.2. The van der Waals surface area contributed by atoms with Gasteiger partial charge in [0.1, 0.15) is 16.7 Å². The summed E-state index contributed by atoms with van der Waals surface area (Å²) in [4.78, 5) is 29.7. The van der Waals surface area contributed by atoms with Gasteiger partial charge in [0.05, 0.1) is 0 Å². The van der Waals surface area contributed by atoms with E-state index in [4.69, 9.17) is 4.52 Å². The second-order valence-electron chi connectivity index (χ2n) is 8.65. The molecule has 4 heterocycles. The molecule has 11 heteroatoms. The highest BCUT2D eigenvalue weighted by Gasteiger charge is 2.41. The number of amides is 2. The van der Waals surface area contributed by atoms with Gasteiger partial charge in [-0.05, 0) is 44.7 Å². The molecular weight excluding hydrogens is 446 g/mol. The van der Waals surface area contributed by atoms with E-state index in [2.05, 4.69) is 14.9 Å². The predicted molar refractivity (Wildman–Crippen MR) is 119 cm³/mol. The number of rotatable bonds is 3. The van der Waals surface area contributed by atoms with Gasteiger partial charge in [0.25, 0.3) is 10.0 Å². The molecule has 1 aromatic carbocycles. The third-order valence-electron chi connectivity index (χ3n) is 6.48. The Bertz CT molecular complexity index is 1230. The van der Waals surface area contributed by atoms with E-state index in [1.165, 1.54) is 0 Å². The Balaban J connectivity index is 1.24. The monoisotopic (exact) mass is 471 g/mol. The number of piperidine rings is 1. The maximum absolute atomic E-state index is 13.4. The van der Waals surface area contributed by atoms with E-state index in [0.717, 1.165) is 6.42 Å². The van der Waals surface area contributed by atoms with Crippen LogP contribution in [0.25, 0.3) is 0 Å². The van der Waals surface area contributed by atoms with Crippen molar-refractivity contribution in [2.75, 3.05) is 25.0 Å². The standard InChI is InChI=1S/C22H25N5O5S/c1-14-13-19(24-32-14)23-21(28)15-8-11-26(12-9-15)22(29)17-6-4-10-27(17)20-16-5-2-3-7-18(16)33(30,31)25-20/h2-3,5,7,13,15,17H,4,6,8-12H2,1H3,(H,23,24,28)/t17-/m0/s1. The Hall–Kier alpha value is -3.21. The fourth-order valence-corrected chi connectivity index (χ4v) is 6.02. The van der Waals surface area contributed by atoms with Crippen molar-refractivity contribution >= 4 is 33.5 Å². The van der Waals surface area contributed by atoms with E-state index in [-0.39, 0.29) is 22.6 Å². The zero-order valence-corrected chi connectivity index (χ0v) is 19.0. The molecule has 0 bridgehead atoms. The SMILES string of the molecule is Cc1cc(NC(=O)C2CCN(C(=O)[C@@H]3CCCN3C3=NS(=O)(=O)c4ccccc43)CC2)no1. The van der Waals surface area contributed by atoms with Crippen LogP contribution in [0.5, 0.6) is 0 Å². The van der Waals surface area contributed by atoms with E-state index < -0.39 is 16.1 Å². The number of hydrogen-bond acceptors (Lipinski definition) is 7. The molecule has 0 unspecified atom stereocenters. The molecule has 1 atom stereocenters. The fraction of sp³-hybridized carbons (Fsp3) is 0.455. The first kappa shape index (κ1) is 21.6. The molecule has 1 aromatic heterocycles. The molecule has 3 aliphatic rings. The molecule has 2 fully saturated rings. The minimum atomic E-state index is -3.74. The average molecular weight is 472 g/mol. The van der Waals surface area contributed by atoms with Crippen molar-refractivity contribution in [3.05, 3.63) is 41.7 Å². The van der Waals surface area contributed by atoms with Crippen molar-refractivity contribution in [1.82, 2.24) is 15.0 Å². The van der Waals surface area contributed by atoms with Crippen molar-refractivity contribution in [3.63, 3.8) is 0 Å². The van der Waals surface area contributed by atoms with E-state index in [1.807, 2.05) is 4.90 Å². The summed E-state index contributed by atoms with van der Waals surface area (Å²) in [7, 11) is -3.74. The highest BCUT2D eigenvalue weighted by atomic mass is 32.2. The summed E-state index contributed by atoms with van der Waals surface area (Å²) in [6, 6.07) is 7.94. The number of nitrogens with one attached hydrogen (secondary N) is 1. The summed E-state index contributed by atoms with van der Waals surface area (Å²) in [5.74, 6) is 1.00.